The van der Waals surface area contributed by atoms with Crippen LogP contribution < -0.4 is 20.7 Å². The van der Waals surface area contributed by atoms with E-state index in [1.54, 1.807) is 6.92 Å². The molecule has 1 aromatic carbocycles. The highest BCUT2D eigenvalue weighted by atomic mass is 32.2. The summed E-state index contributed by atoms with van der Waals surface area (Å²) in [5.74, 6) is 3.50. The largest absolute Gasteiger partial charge is 0.616 e. The minimum absolute atomic E-state index is 0.0573. The van der Waals surface area contributed by atoms with E-state index in [0.717, 1.165) is 35.8 Å². The average Bonchev–Trinajstić information content (AvgIpc) is 3.63. The predicted octanol–water partition coefficient (Wildman–Crippen LogP) is 6.02. The third-order valence-electron chi connectivity index (χ3n) is 8.11. The molecule has 254 valence electrons. The number of hydrogen-bond donors (Lipinski definition) is 2. The number of thioether (sulfide) groups is 1. The van der Waals surface area contributed by atoms with Crippen molar-refractivity contribution in [3.8, 4) is 11.5 Å². The Labute approximate surface area is 277 Å². The fourth-order valence-electron chi connectivity index (χ4n) is 5.25. The molecule has 9 nitrogen and oxygen atoms in total. The van der Waals surface area contributed by atoms with Gasteiger partial charge in [-0.3, -0.25) is 14.3 Å². The number of rotatable bonds is 16. The second-order valence-corrected chi connectivity index (χ2v) is 22.2. The van der Waals surface area contributed by atoms with Crippen LogP contribution >= 0.6 is 11.8 Å². The number of aliphatic hydroxyl groups excluding tert-OH is 1. The Hall–Kier alpha value is -1.70. The van der Waals surface area contributed by atoms with E-state index in [1.165, 1.54) is 54.5 Å². The van der Waals surface area contributed by atoms with Crippen molar-refractivity contribution in [1.82, 2.24) is 9.55 Å². The third-order valence-corrected chi connectivity index (χ3v) is 13.3. The standard InChI is InChI=1S/C18H28O3S.C15H26N2O4SSi/c1-3-4-5-6-7-8-11-22(19)15(2)12-16-9-10-17-18(13-16)21-14-20-17;1-10-8-17(15(20)16-14(10)19)13-7-12(11(9-18)21-13)22-5-6-23(2,3)4/h9-10,13,15H,3-8,11-12,14H2,1-2H3;8,11-13,18H,5-7,9H2,1-4H3,(H,16,19,20)/t;11-,12?,13-/m.1/s1. The molecule has 1 saturated heterocycles. The normalized spacial score (nSPS) is 20.5. The lowest BCUT2D eigenvalue weighted by Crippen LogP contribution is -2.33. The minimum Gasteiger partial charge on any atom is -0.616 e. The maximum absolute atomic E-state index is 12.3. The number of hydrogen-bond acceptors (Lipinski definition) is 8. The van der Waals surface area contributed by atoms with Gasteiger partial charge in [-0.05, 0) is 56.2 Å². The Morgan fingerprint density at radius 1 is 1.13 bits per heavy atom. The molecule has 5 atom stereocenters. The number of aryl methyl sites for hydroxylation is 1. The lowest BCUT2D eigenvalue weighted by molar-refractivity contribution is -0.0238. The van der Waals surface area contributed by atoms with Gasteiger partial charge in [0.05, 0.1) is 12.7 Å². The number of fused-ring (bicyclic) bond motifs is 1. The Balaban J connectivity index is 0.000000246. The van der Waals surface area contributed by atoms with Crippen molar-refractivity contribution in [1.29, 1.82) is 0 Å². The van der Waals surface area contributed by atoms with Crippen LogP contribution in [0.1, 0.15) is 76.1 Å². The summed E-state index contributed by atoms with van der Waals surface area (Å²) in [7, 11) is -1.08. The Bertz CT molecular complexity index is 1300. The molecule has 4 rings (SSSR count). The highest BCUT2D eigenvalue weighted by molar-refractivity contribution is 8.00. The predicted molar refractivity (Wildman–Crippen MR) is 188 cm³/mol. The molecule has 1 fully saturated rings. The lowest BCUT2D eigenvalue weighted by Gasteiger charge is -2.19. The van der Waals surface area contributed by atoms with Gasteiger partial charge in [0.25, 0.3) is 5.56 Å². The van der Waals surface area contributed by atoms with Gasteiger partial charge < -0.3 is 23.9 Å². The summed E-state index contributed by atoms with van der Waals surface area (Å²) in [6.07, 6.45) is 9.82. The first-order valence-corrected chi connectivity index (χ1v) is 22.5. The van der Waals surface area contributed by atoms with Gasteiger partial charge >= 0.3 is 5.69 Å². The summed E-state index contributed by atoms with van der Waals surface area (Å²) >= 11 is 1.07. The first kappa shape index (κ1) is 37.8. The van der Waals surface area contributed by atoms with E-state index in [9.17, 15) is 19.2 Å². The smallest absolute Gasteiger partial charge is 0.330 e. The van der Waals surface area contributed by atoms with E-state index in [0.29, 0.717) is 18.8 Å². The van der Waals surface area contributed by atoms with Gasteiger partial charge in [0, 0.05) is 37.9 Å². The summed E-state index contributed by atoms with van der Waals surface area (Å²) in [5, 5.41) is 9.91. The van der Waals surface area contributed by atoms with Gasteiger partial charge in [0.1, 0.15) is 17.2 Å². The van der Waals surface area contributed by atoms with Crippen molar-refractivity contribution in [3.05, 3.63) is 56.4 Å². The Morgan fingerprint density at radius 3 is 2.56 bits per heavy atom. The fourth-order valence-corrected chi connectivity index (χ4v) is 10.4. The maximum atomic E-state index is 12.3. The number of nitrogens with zero attached hydrogens (tertiary/aromatic N) is 1. The number of ether oxygens (including phenoxy) is 3. The van der Waals surface area contributed by atoms with Gasteiger partial charge in [-0.25, -0.2) is 4.79 Å². The molecule has 2 aromatic rings. The van der Waals surface area contributed by atoms with E-state index < -0.39 is 31.2 Å². The molecule has 2 aliphatic rings. The summed E-state index contributed by atoms with van der Waals surface area (Å²) in [6, 6.07) is 7.22. The molecule has 0 bridgehead atoms. The van der Waals surface area contributed by atoms with E-state index in [2.05, 4.69) is 38.5 Å². The second kappa shape index (κ2) is 18.6. The zero-order chi connectivity index (χ0) is 33.0. The van der Waals surface area contributed by atoms with E-state index in [-0.39, 0.29) is 28.8 Å². The molecular formula is C33H54N2O7S2Si. The summed E-state index contributed by atoms with van der Waals surface area (Å²) in [5.41, 5.74) is 0.815. The molecule has 45 heavy (non-hydrogen) atoms. The highest BCUT2D eigenvalue weighted by Gasteiger charge is 2.36. The fraction of sp³-hybridized carbons (Fsp3) is 0.697. The van der Waals surface area contributed by atoms with Crippen molar-refractivity contribution in [3.63, 3.8) is 0 Å². The van der Waals surface area contributed by atoms with E-state index in [4.69, 9.17) is 14.2 Å². The number of aromatic nitrogens is 2. The van der Waals surface area contributed by atoms with Crippen molar-refractivity contribution in [2.75, 3.05) is 24.9 Å². The molecule has 2 aliphatic heterocycles. The molecule has 3 heterocycles. The Kier molecular flexibility index (Phi) is 15.6. The van der Waals surface area contributed by atoms with Gasteiger partial charge in [-0.1, -0.05) is 69.5 Å². The van der Waals surface area contributed by atoms with E-state index in [1.807, 2.05) is 30.0 Å². The van der Waals surface area contributed by atoms with Crippen LogP contribution in [-0.2, 0) is 22.3 Å². The number of aromatic amines is 1. The SMILES string of the molecule is CCCCCCCC[S+]([O-])C(C)Cc1ccc2c(c1)OCO2.Cc1cn([C@H]2CC(SCC[Si](C)(C)C)[C@@H](CO)O2)c(=O)[nH]c1=O. The molecule has 0 spiro atoms. The average molecular weight is 683 g/mol. The van der Waals surface area contributed by atoms with Crippen LogP contribution in [0.2, 0.25) is 25.7 Å². The number of unbranched alkanes of at least 4 members (excludes halogenated alkanes) is 5. The highest BCUT2D eigenvalue weighted by Crippen LogP contribution is 2.36. The van der Waals surface area contributed by atoms with Gasteiger partial charge in [0.2, 0.25) is 6.79 Å². The molecule has 0 radical (unpaired) electrons. The van der Waals surface area contributed by atoms with Crippen LogP contribution in [-0.4, -0.2) is 68.8 Å². The molecule has 0 amide bonds. The second-order valence-electron chi connectivity index (χ2n) is 13.3. The van der Waals surface area contributed by atoms with Gasteiger partial charge in [-0.2, -0.15) is 11.8 Å². The van der Waals surface area contributed by atoms with Crippen LogP contribution in [0.4, 0.5) is 0 Å². The first-order chi connectivity index (χ1) is 21.4. The maximum Gasteiger partial charge on any atom is 0.330 e. The first-order valence-electron chi connectivity index (χ1n) is 16.4. The molecule has 0 saturated carbocycles. The third kappa shape index (κ3) is 12.4. The lowest BCUT2D eigenvalue weighted by atomic mass is 10.1. The van der Waals surface area contributed by atoms with Crippen LogP contribution in [0, 0.1) is 6.92 Å². The van der Waals surface area contributed by atoms with Gasteiger partial charge in [0.15, 0.2) is 11.5 Å². The molecule has 1 aromatic heterocycles. The van der Waals surface area contributed by atoms with Crippen molar-refractivity contribution < 1.29 is 23.9 Å². The van der Waals surface area contributed by atoms with Crippen LogP contribution in [0.5, 0.6) is 11.5 Å². The molecule has 0 aliphatic carbocycles. The monoisotopic (exact) mass is 682 g/mol. The number of nitrogens with one attached hydrogen (secondary N) is 1. The summed E-state index contributed by atoms with van der Waals surface area (Å²) < 4.78 is 30.3. The quantitative estimate of drug-likeness (QED) is 0.125. The van der Waals surface area contributed by atoms with Crippen molar-refractivity contribution >= 4 is 31.0 Å². The summed E-state index contributed by atoms with van der Waals surface area (Å²) in [4.78, 5) is 25.8. The number of aliphatic hydroxyl groups is 1. The summed E-state index contributed by atoms with van der Waals surface area (Å²) in [6.45, 7) is 13.2. The van der Waals surface area contributed by atoms with Crippen LogP contribution in [0.15, 0.2) is 34.0 Å². The zero-order valence-electron chi connectivity index (χ0n) is 28.0. The van der Waals surface area contributed by atoms with Crippen molar-refractivity contribution in [2.24, 2.45) is 0 Å². The molecule has 12 heteroatoms. The molecule has 2 N–H and O–H groups in total. The van der Waals surface area contributed by atoms with Gasteiger partial charge in [-0.15, -0.1) is 0 Å². The van der Waals surface area contributed by atoms with E-state index >= 15 is 0 Å². The number of H-pyrrole nitrogens is 1. The van der Waals surface area contributed by atoms with Crippen LogP contribution in [0.3, 0.4) is 0 Å². The minimum atomic E-state index is -1.08. The topological polar surface area (TPSA) is 126 Å². The number of benzene rings is 1. The van der Waals surface area contributed by atoms with Crippen molar-refractivity contribution in [2.45, 2.75) is 121 Å². The zero-order valence-corrected chi connectivity index (χ0v) is 30.6. The molecule has 3 unspecified atom stereocenters. The Morgan fingerprint density at radius 2 is 1.84 bits per heavy atom. The van der Waals surface area contributed by atoms with Crippen LogP contribution in [0.25, 0.3) is 0 Å². The molecular weight excluding hydrogens is 629 g/mol.